The molecule has 0 aromatic carbocycles. The van der Waals surface area contributed by atoms with Gasteiger partial charge in [-0.15, -0.1) is 0 Å². The maximum Gasteiger partial charge on any atom is 0.165 e. The van der Waals surface area contributed by atoms with Crippen LogP contribution in [-0.2, 0) is 4.79 Å². The van der Waals surface area contributed by atoms with Crippen molar-refractivity contribution in [1.82, 2.24) is 0 Å². The third-order valence-electron chi connectivity index (χ3n) is 2.92. The van der Waals surface area contributed by atoms with E-state index in [2.05, 4.69) is 12.2 Å². The van der Waals surface area contributed by atoms with Crippen molar-refractivity contribution in [3.05, 3.63) is 36.0 Å². The smallest absolute Gasteiger partial charge is 0.165 e. The Bertz CT molecular complexity index is 307. The third kappa shape index (κ3) is 2.03. The first-order chi connectivity index (χ1) is 6.88. The van der Waals surface area contributed by atoms with Gasteiger partial charge in [0.2, 0.25) is 0 Å². The summed E-state index contributed by atoms with van der Waals surface area (Å²) in [6.45, 7) is 0. The van der Waals surface area contributed by atoms with Crippen LogP contribution in [0.2, 0.25) is 0 Å². The van der Waals surface area contributed by atoms with Crippen LogP contribution < -0.4 is 0 Å². The van der Waals surface area contributed by atoms with Crippen molar-refractivity contribution in [3.63, 3.8) is 0 Å². The van der Waals surface area contributed by atoms with Crippen molar-refractivity contribution in [2.45, 2.75) is 32.1 Å². The van der Waals surface area contributed by atoms with Gasteiger partial charge in [-0.1, -0.05) is 30.4 Å². The van der Waals surface area contributed by atoms with Crippen LogP contribution in [0.5, 0.6) is 0 Å². The molecule has 2 aliphatic carbocycles. The fourth-order valence-corrected chi connectivity index (χ4v) is 2.08. The molecule has 0 fully saturated rings. The topological polar surface area (TPSA) is 17.1 Å². The molecule has 0 aliphatic heterocycles. The molecule has 0 aromatic heterocycles. The number of hydrogen-bond donors (Lipinski definition) is 0. The lowest BCUT2D eigenvalue weighted by Crippen LogP contribution is -2.16. The van der Waals surface area contributed by atoms with Crippen LogP contribution in [0.15, 0.2) is 36.0 Å². The molecule has 0 spiro atoms. The van der Waals surface area contributed by atoms with Crippen molar-refractivity contribution < 1.29 is 4.79 Å². The Hall–Kier alpha value is -1.11. The van der Waals surface area contributed by atoms with Crippen LogP contribution >= 0.6 is 0 Å². The van der Waals surface area contributed by atoms with Crippen molar-refractivity contribution in [2.75, 3.05) is 0 Å². The Morgan fingerprint density at radius 3 is 2.86 bits per heavy atom. The molecule has 0 heterocycles. The first kappa shape index (κ1) is 9.45. The van der Waals surface area contributed by atoms with E-state index in [1.165, 1.54) is 12.8 Å². The predicted octanol–water partition coefficient (Wildman–Crippen LogP) is 3.19. The Balaban J connectivity index is 2.03. The van der Waals surface area contributed by atoms with Gasteiger partial charge >= 0.3 is 0 Å². The lowest BCUT2D eigenvalue weighted by molar-refractivity contribution is -0.118. The molecule has 74 valence electrons. The highest BCUT2D eigenvalue weighted by molar-refractivity contribution is 5.98. The molecule has 0 bridgehead atoms. The minimum atomic E-state index is 0.115. The first-order valence-electron chi connectivity index (χ1n) is 5.44. The number of carbonyl (C=O) groups excluding carboxylic acids is 1. The number of Topliss-reactive ketones (excluding diaryl/α,β-unsaturated/α-hetero) is 1. The quantitative estimate of drug-likeness (QED) is 0.650. The minimum Gasteiger partial charge on any atom is -0.294 e. The number of hydrogen-bond acceptors (Lipinski definition) is 1. The van der Waals surface area contributed by atoms with E-state index in [1.807, 2.05) is 18.2 Å². The first-order valence-corrected chi connectivity index (χ1v) is 5.44. The molecule has 0 saturated heterocycles. The second-order valence-electron chi connectivity index (χ2n) is 3.99. The fraction of sp³-hybridized carbons (Fsp3) is 0.462. The number of allylic oxidation sites excluding steroid dienone is 6. The largest absolute Gasteiger partial charge is 0.294 e. The zero-order valence-corrected chi connectivity index (χ0v) is 8.41. The highest BCUT2D eigenvalue weighted by Gasteiger charge is 2.20. The van der Waals surface area contributed by atoms with Gasteiger partial charge in [0.25, 0.3) is 0 Å². The predicted molar refractivity (Wildman–Crippen MR) is 57.9 cm³/mol. The Morgan fingerprint density at radius 1 is 1.29 bits per heavy atom. The standard InChI is InChI=1S/C13H16O/c14-13(11-7-3-1-4-8-11)12-9-5-2-6-10-12/h1,3-4,7,9,11H,2,5-6,8,10H2. The summed E-state index contributed by atoms with van der Waals surface area (Å²) in [5.41, 5.74) is 1.07. The number of carbonyl (C=O) groups is 1. The van der Waals surface area contributed by atoms with E-state index >= 15 is 0 Å². The van der Waals surface area contributed by atoms with Gasteiger partial charge < -0.3 is 0 Å². The summed E-state index contributed by atoms with van der Waals surface area (Å²) in [6, 6.07) is 0. The monoisotopic (exact) mass is 188 g/mol. The van der Waals surface area contributed by atoms with Gasteiger partial charge in [0.1, 0.15) is 0 Å². The molecule has 2 aliphatic rings. The molecule has 0 aromatic rings. The van der Waals surface area contributed by atoms with Gasteiger partial charge in [0.15, 0.2) is 5.78 Å². The second-order valence-corrected chi connectivity index (χ2v) is 3.99. The van der Waals surface area contributed by atoms with Gasteiger partial charge in [0, 0.05) is 5.92 Å². The molecular weight excluding hydrogens is 172 g/mol. The van der Waals surface area contributed by atoms with Crippen LogP contribution in [0.25, 0.3) is 0 Å². The molecule has 1 atom stereocenters. The van der Waals surface area contributed by atoms with E-state index in [9.17, 15) is 4.79 Å². The molecule has 0 radical (unpaired) electrons. The van der Waals surface area contributed by atoms with Gasteiger partial charge in [-0.05, 0) is 37.7 Å². The molecule has 1 nitrogen and oxygen atoms in total. The highest BCUT2D eigenvalue weighted by Crippen LogP contribution is 2.24. The molecular formula is C13H16O. The minimum absolute atomic E-state index is 0.115. The van der Waals surface area contributed by atoms with Crippen LogP contribution in [0.1, 0.15) is 32.1 Å². The van der Waals surface area contributed by atoms with Crippen molar-refractivity contribution in [3.8, 4) is 0 Å². The second kappa shape index (κ2) is 4.41. The summed E-state index contributed by atoms with van der Waals surface area (Å²) in [5, 5.41) is 0. The summed E-state index contributed by atoms with van der Waals surface area (Å²) in [7, 11) is 0. The van der Waals surface area contributed by atoms with Crippen LogP contribution in [0.3, 0.4) is 0 Å². The van der Waals surface area contributed by atoms with Crippen molar-refractivity contribution in [1.29, 1.82) is 0 Å². The zero-order chi connectivity index (χ0) is 9.80. The van der Waals surface area contributed by atoms with Gasteiger partial charge in [-0.2, -0.15) is 0 Å². The number of rotatable bonds is 2. The molecule has 1 heteroatoms. The average Bonchev–Trinajstić information content (AvgIpc) is 2.30. The lowest BCUT2D eigenvalue weighted by Gasteiger charge is -2.16. The van der Waals surface area contributed by atoms with E-state index in [4.69, 9.17) is 0 Å². The molecule has 14 heavy (non-hydrogen) atoms. The van der Waals surface area contributed by atoms with E-state index in [0.717, 1.165) is 24.8 Å². The molecule has 0 amide bonds. The van der Waals surface area contributed by atoms with E-state index in [-0.39, 0.29) is 5.92 Å². The molecule has 2 rings (SSSR count). The lowest BCUT2D eigenvalue weighted by atomic mass is 9.87. The van der Waals surface area contributed by atoms with Crippen molar-refractivity contribution in [2.24, 2.45) is 5.92 Å². The van der Waals surface area contributed by atoms with Gasteiger partial charge in [-0.3, -0.25) is 4.79 Å². The zero-order valence-electron chi connectivity index (χ0n) is 8.41. The molecule has 0 saturated carbocycles. The normalized spacial score (nSPS) is 26.0. The van der Waals surface area contributed by atoms with E-state index in [0.29, 0.717) is 5.78 Å². The van der Waals surface area contributed by atoms with Gasteiger partial charge in [0.05, 0.1) is 0 Å². The highest BCUT2D eigenvalue weighted by atomic mass is 16.1. The van der Waals surface area contributed by atoms with Crippen LogP contribution in [0, 0.1) is 5.92 Å². The SMILES string of the molecule is O=C(C1=CCCCC1)C1C=CC=CC1. The summed E-state index contributed by atoms with van der Waals surface area (Å²) < 4.78 is 0. The number of ketones is 1. The average molecular weight is 188 g/mol. The Morgan fingerprint density at radius 2 is 2.21 bits per heavy atom. The maximum atomic E-state index is 12.0. The van der Waals surface area contributed by atoms with Crippen LogP contribution in [0.4, 0.5) is 0 Å². The summed E-state index contributed by atoms with van der Waals surface area (Å²) in [6.07, 6.45) is 15.6. The molecule has 1 unspecified atom stereocenters. The summed E-state index contributed by atoms with van der Waals surface area (Å²) in [4.78, 5) is 12.0. The third-order valence-corrected chi connectivity index (χ3v) is 2.92. The van der Waals surface area contributed by atoms with Crippen LogP contribution in [-0.4, -0.2) is 5.78 Å². The summed E-state index contributed by atoms with van der Waals surface area (Å²) >= 11 is 0. The maximum absolute atomic E-state index is 12.0. The van der Waals surface area contributed by atoms with E-state index < -0.39 is 0 Å². The van der Waals surface area contributed by atoms with Gasteiger partial charge in [-0.25, -0.2) is 0 Å². The fourth-order valence-electron chi connectivity index (χ4n) is 2.08. The van der Waals surface area contributed by atoms with E-state index in [1.54, 1.807) is 0 Å². The van der Waals surface area contributed by atoms with Crippen molar-refractivity contribution >= 4 is 5.78 Å². The Labute approximate surface area is 85.2 Å². The Kier molecular flexibility index (Phi) is 2.97. The molecule has 0 N–H and O–H groups in total. The summed E-state index contributed by atoms with van der Waals surface area (Å²) in [5.74, 6) is 0.467.